The van der Waals surface area contributed by atoms with E-state index >= 15 is 0 Å². The van der Waals surface area contributed by atoms with Crippen LogP contribution >= 0.6 is 34.7 Å². The predicted molar refractivity (Wildman–Crippen MR) is 87.8 cm³/mol. The number of nitrogens with zero attached hydrogens (tertiary/aromatic N) is 2. The van der Waals surface area contributed by atoms with Crippen LogP contribution in [0.1, 0.15) is 0 Å². The molecule has 0 radical (unpaired) electrons. The minimum absolute atomic E-state index is 0.209. The number of thiophene rings is 1. The monoisotopic (exact) mass is 335 g/mol. The van der Waals surface area contributed by atoms with Gasteiger partial charge in [0.05, 0.1) is 16.0 Å². The number of nitrogens with two attached hydrogens (primary N) is 1. The number of hydrogen-bond acceptors (Lipinski definition) is 5. The van der Waals surface area contributed by atoms with E-state index in [0.29, 0.717) is 5.02 Å². The third-order valence-corrected chi connectivity index (χ3v) is 5.33. The standard InChI is InChI=1S/C14H10ClN3OS2/c15-9-3-1-8(2-4-9)11-5-10-13(21-11)14(18-7-17-10)20-6-12(16)19/h1-5,7H,6H2,(H2,16,19). The summed E-state index contributed by atoms with van der Waals surface area (Å²) in [6, 6.07) is 9.66. The normalized spacial score (nSPS) is 10.9. The molecule has 4 nitrogen and oxygen atoms in total. The van der Waals surface area contributed by atoms with E-state index in [0.717, 1.165) is 25.7 Å². The van der Waals surface area contributed by atoms with Crippen molar-refractivity contribution in [2.75, 3.05) is 5.75 Å². The number of primary amides is 1. The largest absolute Gasteiger partial charge is 0.369 e. The number of thioether (sulfide) groups is 1. The lowest BCUT2D eigenvalue weighted by Gasteiger charge is -1.98. The lowest BCUT2D eigenvalue weighted by Crippen LogP contribution is -2.13. The van der Waals surface area contributed by atoms with Crippen molar-refractivity contribution in [3.8, 4) is 10.4 Å². The number of amides is 1. The molecule has 3 rings (SSSR count). The fourth-order valence-corrected chi connectivity index (χ4v) is 3.90. The van der Waals surface area contributed by atoms with Gasteiger partial charge in [0.15, 0.2) is 0 Å². The van der Waals surface area contributed by atoms with Crippen molar-refractivity contribution in [1.82, 2.24) is 9.97 Å². The first-order chi connectivity index (χ1) is 10.1. The molecule has 0 fully saturated rings. The van der Waals surface area contributed by atoms with Crippen molar-refractivity contribution >= 4 is 50.8 Å². The van der Waals surface area contributed by atoms with Gasteiger partial charge in [-0.05, 0) is 23.8 Å². The molecule has 0 aliphatic rings. The fourth-order valence-electron chi connectivity index (χ4n) is 1.83. The van der Waals surface area contributed by atoms with Gasteiger partial charge in [-0.2, -0.15) is 0 Å². The number of benzene rings is 1. The van der Waals surface area contributed by atoms with Gasteiger partial charge in [-0.3, -0.25) is 4.79 Å². The van der Waals surface area contributed by atoms with E-state index in [9.17, 15) is 4.79 Å². The molecule has 2 aromatic heterocycles. The Bertz CT molecular complexity index is 802. The maximum atomic E-state index is 10.9. The second kappa shape index (κ2) is 6.01. The summed E-state index contributed by atoms with van der Waals surface area (Å²) in [4.78, 5) is 20.5. The SMILES string of the molecule is NC(=O)CSc1ncnc2cc(-c3ccc(Cl)cc3)sc12. The Morgan fingerprint density at radius 1 is 1.29 bits per heavy atom. The molecule has 0 saturated carbocycles. The zero-order valence-corrected chi connectivity index (χ0v) is 13.1. The minimum Gasteiger partial charge on any atom is -0.369 e. The Morgan fingerprint density at radius 3 is 2.76 bits per heavy atom. The van der Waals surface area contributed by atoms with E-state index in [-0.39, 0.29) is 11.7 Å². The van der Waals surface area contributed by atoms with Crippen LogP contribution in [0.4, 0.5) is 0 Å². The van der Waals surface area contributed by atoms with Crippen molar-refractivity contribution in [3.05, 3.63) is 41.7 Å². The highest BCUT2D eigenvalue weighted by atomic mass is 35.5. The molecule has 0 spiro atoms. The highest BCUT2D eigenvalue weighted by Gasteiger charge is 2.11. The molecule has 0 atom stereocenters. The number of aromatic nitrogens is 2. The molecule has 1 aromatic carbocycles. The van der Waals surface area contributed by atoms with Crippen LogP contribution in [0.3, 0.4) is 0 Å². The van der Waals surface area contributed by atoms with Crippen LogP contribution in [0.15, 0.2) is 41.7 Å². The van der Waals surface area contributed by atoms with Crippen molar-refractivity contribution in [2.45, 2.75) is 5.03 Å². The molecule has 7 heteroatoms. The van der Waals surface area contributed by atoms with E-state index in [1.165, 1.54) is 18.1 Å². The first-order valence-electron chi connectivity index (χ1n) is 6.05. The third kappa shape index (κ3) is 3.18. The fraction of sp³-hybridized carbons (Fsp3) is 0.0714. The molecule has 2 N–H and O–H groups in total. The number of carbonyl (C=O) groups excluding carboxylic acids is 1. The van der Waals surface area contributed by atoms with Gasteiger partial charge < -0.3 is 5.73 Å². The number of halogens is 1. The van der Waals surface area contributed by atoms with E-state index in [1.807, 2.05) is 30.3 Å². The Labute approximate surface area is 134 Å². The molecule has 21 heavy (non-hydrogen) atoms. The summed E-state index contributed by atoms with van der Waals surface area (Å²) in [6.07, 6.45) is 1.50. The smallest absolute Gasteiger partial charge is 0.227 e. The quantitative estimate of drug-likeness (QED) is 0.584. The van der Waals surface area contributed by atoms with E-state index in [2.05, 4.69) is 9.97 Å². The summed E-state index contributed by atoms with van der Waals surface area (Å²) >= 11 is 8.83. The molecule has 3 aromatic rings. The maximum Gasteiger partial charge on any atom is 0.227 e. The summed E-state index contributed by atoms with van der Waals surface area (Å²) in [6.45, 7) is 0. The number of carbonyl (C=O) groups is 1. The number of rotatable bonds is 4. The Hall–Kier alpha value is -1.63. The van der Waals surface area contributed by atoms with Gasteiger partial charge in [0.25, 0.3) is 0 Å². The van der Waals surface area contributed by atoms with Gasteiger partial charge >= 0.3 is 0 Å². The van der Waals surface area contributed by atoms with Crippen LogP contribution in [0, 0.1) is 0 Å². The van der Waals surface area contributed by atoms with Crippen LogP contribution in [0.5, 0.6) is 0 Å². The first-order valence-corrected chi connectivity index (χ1v) is 8.23. The van der Waals surface area contributed by atoms with E-state index in [1.54, 1.807) is 11.3 Å². The molecular formula is C14H10ClN3OS2. The Kier molecular flexibility index (Phi) is 4.10. The van der Waals surface area contributed by atoms with Crippen LogP contribution in [-0.2, 0) is 4.79 Å². The molecule has 1 amide bonds. The highest BCUT2D eigenvalue weighted by Crippen LogP contribution is 2.37. The summed E-state index contributed by atoms with van der Waals surface area (Å²) in [5.41, 5.74) is 7.13. The lowest BCUT2D eigenvalue weighted by atomic mass is 10.2. The Morgan fingerprint density at radius 2 is 2.05 bits per heavy atom. The molecule has 0 bridgehead atoms. The number of hydrogen-bond donors (Lipinski definition) is 1. The zero-order valence-electron chi connectivity index (χ0n) is 10.7. The van der Waals surface area contributed by atoms with Crippen molar-refractivity contribution in [2.24, 2.45) is 5.73 Å². The van der Waals surface area contributed by atoms with Crippen LogP contribution in [-0.4, -0.2) is 21.6 Å². The maximum absolute atomic E-state index is 10.9. The molecular weight excluding hydrogens is 326 g/mol. The Balaban J connectivity index is 2.01. The van der Waals surface area contributed by atoms with Crippen LogP contribution in [0.25, 0.3) is 20.7 Å². The zero-order chi connectivity index (χ0) is 14.8. The van der Waals surface area contributed by atoms with Gasteiger partial charge in [0, 0.05) is 9.90 Å². The summed E-state index contributed by atoms with van der Waals surface area (Å²) in [7, 11) is 0. The van der Waals surface area contributed by atoms with Crippen LogP contribution < -0.4 is 5.73 Å². The molecule has 0 aliphatic heterocycles. The van der Waals surface area contributed by atoms with Crippen molar-refractivity contribution < 1.29 is 4.79 Å². The average molecular weight is 336 g/mol. The van der Waals surface area contributed by atoms with E-state index < -0.39 is 0 Å². The summed E-state index contributed by atoms with van der Waals surface area (Å²) in [5, 5.41) is 1.49. The summed E-state index contributed by atoms with van der Waals surface area (Å²) < 4.78 is 0.966. The summed E-state index contributed by atoms with van der Waals surface area (Å²) in [5.74, 6) is -0.151. The first kappa shape index (κ1) is 14.3. The molecule has 0 unspecified atom stereocenters. The molecule has 0 saturated heterocycles. The average Bonchev–Trinajstić information content (AvgIpc) is 2.90. The second-order valence-corrected chi connectivity index (χ2v) is 6.72. The highest BCUT2D eigenvalue weighted by molar-refractivity contribution is 8.00. The van der Waals surface area contributed by atoms with Gasteiger partial charge in [-0.1, -0.05) is 35.5 Å². The van der Waals surface area contributed by atoms with Crippen molar-refractivity contribution in [3.63, 3.8) is 0 Å². The minimum atomic E-state index is -0.360. The molecule has 0 aliphatic carbocycles. The van der Waals surface area contributed by atoms with Gasteiger partial charge in [-0.15, -0.1) is 11.3 Å². The van der Waals surface area contributed by atoms with Gasteiger partial charge in [0.2, 0.25) is 5.91 Å². The van der Waals surface area contributed by atoms with Crippen LogP contribution in [0.2, 0.25) is 5.02 Å². The second-order valence-electron chi connectivity index (χ2n) is 4.27. The predicted octanol–water partition coefficient (Wildman–Crippen LogP) is 3.59. The number of fused-ring (bicyclic) bond motifs is 1. The van der Waals surface area contributed by atoms with Gasteiger partial charge in [-0.25, -0.2) is 9.97 Å². The third-order valence-electron chi connectivity index (χ3n) is 2.76. The topological polar surface area (TPSA) is 68.9 Å². The lowest BCUT2D eigenvalue weighted by molar-refractivity contribution is -0.115. The van der Waals surface area contributed by atoms with E-state index in [4.69, 9.17) is 17.3 Å². The van der Waals surface area contributed by atoms with Crippen molar-refractivity contribution in [1.29, 1.82) is 0 Å². The molecule has 2 heterocycles. The molecule has 106 valence electrons. The van der Waals surface area contributed by atoms with Gasteiger partial charge in [0.1, 0.15) is 11.4 Å².